The highest BCUT2D eigenvalue weighted by Crippen LogP contribution is 2.20. The van der Waals surface area contributed by atoms with Crippen LogP contribution >= 0.6 is 0 Å². The molecule has 1 aliphatic rings. The number of rotatable bonds is 4. The van der Waals surface area contributed by atoms with Gasteiger partial charge >= 0.3 is 0 Å². The zero-order valence-electron chi connectivity index (χ0n) is 16.1. The lowest BCUT2D eigenvalue weighted by Crippen LogP contribution is -2.41. The van der Waals surface area contributed by atoms with Crippen molar-refractivity contribution >= 4 is 40.0 Å². The molecule has 0 bridgehead atoms. The Morgan fingerprint density at radius 3 is 2.80 bits per heavy atom. The van der Waals surface area contributed by atoms with Crippen LogP contribution in [0, 0.1) is 0 Å². The van der Waals surface area contributed by atoms with Gasteiger partial charge in [0.1, 0.15) is 6.04 Å². The van der Waals surface area contributed by atoms with Crippen molar-refractivity contribution in [1.29, 1.82) is 0 Å². The summed E-state index contributed by atoms with van der Waals surface area (Å²) in [4.78, 5) is 53.5. The highest BCUT2D eigenvalue weighted by Gasteiger charge is 2.27. The fourth-order valence-electron chi connectivity index (χ4n) is 3.30. The minimum absolute atomic E-state index is 0.0117. The number of hydrogen-bond donors (Lipinski definition) is 3. The van der Waals surface area contributed by atoms with E-state index < -0.39 is 6.04 Å². The van der Waals surface area contributed by atoms with E-state index in [1.807, 2.05) is 0 Å². The predicted molar refractivity (Wildman–Crippen MR) is 111 cm³/mol. The van der Waals surface area contributed by atoms with Gasteiger partial charge in [0.15, 0.2) is 0 Å². The molecule has 152 valence electrons. The molecule has 0 aliphatic carbocycles. The smallest absolute Gasteiger partial charge is 0.260 e. The van der Waals surface area contributed by atoms with Crippen LogP contribution in [0.5, 0.6) is 0 Å². The normalized spacial score (nSPS) is 15.7. The summed E-state index contributed by atoms with van der Waals surface area (Å²) < 4.78 is 1.36. The number of nitrogens with one attached hydrogen (secondary N) is 3. The second-order valence-electron chi connectivity index (χ2n) is 7.04. The average Bonchev–Trinajstić information content (AvgIpc) is 2.85. The van der Waals surface area contributed by atoms with Crippen LogP contribution in [0.1, 0.15) is 23.2 Å². The molecule has 0 saturated heterocycles. The number of aryl methyl sites for hydroxylation is 1. The molecule has 0 spiro atoms. The van der Waals surface area contributed by atoms with Gasteiger partial charge < -0.3 is 20.5 Å². The Bertz CT molecular complexity index is 1230. The van der Waals surface area contributed by atoms with Crippen LogP contribution in [-0.4, -0.2) is 33.3 Å². The van der Waals surface area contributed by atoms with Crippen LogP contribution < -0.4 is 21.5 Å². The molecular formula is C21H19N5O4. The van der Waals surface area contributed by atoms with Crippen molar-refractivity contribution in [3.63, 3.8) is 0 Å². The summed E-state index contributed by atoms with van der Waals surface area (Å²) in [5, 5.41) is 8.48. The largest absolute Gasteiger partial charge is 0.340 e. The Hall–Kier alpha value is -4.01. The SMILES string of the molecule is Cn1cnc2ccc(NC(=O)CC[C@@H]3NC(=O)c4ccccc4NC3=O)cc2c1=O. The van der Waals surface area contributed by atoms with Gasteiger partial charge in [-0.3, -0.25) is 19.2 Å². The molecule has 0 fully saturated rings. The zero-order valence-corrected chi connectivity index (χ0v) is 16.1. The molecule has 1 aliphatic heterocycles. The van der Waals surface area contributed by atoms with Gasteiger partial charge in [-0.15, -0.1) is 0 Å². The highest BCUT2D eigenvalue weighted by atomic mass is 16.2. The van der Waals surface area contributed by atoms with Crippen LogP contribution in [0.3, 0.4) is 0 Å². The van der Waals surface area contributed by atoms with E-state index in [2.05, 4.69) is 20.9 Å². The van der Waals surface area contributed by atoms with Gasteiger partial charge in [-0.25, -0.2) is 4.98 Å². The van der Waals surface area contributed by atoms with Crippen molar-refractivity contribution in [1.82, 2.24) is 14.9 Å². The summed E-state index contributed by atoms with van der Waals surface area (Å²) in [5.41, 5.74) is 1.60. The standard InChI is InChI=1S/C21H19N5O4/c1-26-11-22-15-7-6-12(10-14(15)21(26)30)23-18(27)9-8-17-20(29)24-16-5-3-2-4-13(16)19(28)25-17/h2-7,10-11,17H,8-9H2,1H3,(H,23,27)(H,24,29)(H,25,28)/t17-/m0/s1. The first-order valence-corrected chi connectivity index (χ1v) is 9.38. The molecule has 0 saturated carbocycles. The molecule has 1 atom stereocenters. The van der Waals surface area contributed by atoms with Gasteiger partial charge in [0.2, 0.25) is 11.8 Å². The summed E-state index contributed by atoms with van der Waals surface area (Å²) in [6.07, 6.45) is 1.58. The molecule has 1 aromatic heterocycles. The maximum atomic E-state index is 12.4. The van der Waals surface area contributed by atoms with E-state index in [0.29, 0.717) is 27.8 Å². The summed E-state index contributed by atoms with van der Waals surface area (Å²) >= 11 is 0. The Balaban J connectivity index is 1.42. The van der Waals surface area contributed by atoms with Crippen molar-refractivity contribution in [3.05, 3.63) is 64.7 Å². The molecule has 3 N–H and O–H groups in total. The lowest BCUT2D eigenvalue weighted by molar-refractivity contribution is -0.118. The van der Waals surface area contributed by atoms with E-state index >= 15 is 0 Å². The minimum atomic E-state index is -0.830. The first kappa shape index (κ1) is 19.3. The Morgan fingerprint density at radius 2 is 1.97 bits per heavy atom. The molecule has 9 heteroatoms. The third-order valence-electron chi connectivity index (χ3n) is 4.91. The Morgan fingerprint density at radius 1 is 1.17 bits per heavy atom. The van der Waals surface area contributed by atoms with Gasteiger partial charge in [-0.2, -0.15) is 0 Å². The summed E-state index contributed by atoms with van der Waals surface area (Å²) in [7, 11) is 1.60. The van der Waals surface area contributed by atoms with Crippen molar-refractivity contribution in [2.75, 3.05) is 10.6 Å². The number of nitrogens with zero attached hydrogens (tertiary/aromatic N) is 2. The average molecular weight is 405 g/mol. The lowest BCUT2D eigenvalue weighted by atomic mass is 10.1. The van der Waals surface area contributed by atoms with E-state index in [1.165, 1.54) is 10.9 Å². The van der Waals surface area contributed by atoms with Crippen LogP contribution in [0.2, 0.25) is 0 Å². The van der Waals surface area contributed by atoms with Gasteiger partial charge in [0, 0.05) is 19.2 Å². The number of benzene rings is 2. The van der Waals surface area contributed by atoms with E-state index in [9.17, 15) is 19.2 Å². The third-order valence-corrected chi connectivity index (χ3v) is 4.91. The van der Waals surface area contributed by atoms with E-state index in [1.54, 1.807) is 49.5 Å². The fraction of sp³-hybridized carbons (Fsp3) is 0.190. The maximum absolute atomic E-state index is 12.4. The van der Waals surface area contributed by atoms with Crippen LogP contribution in [0.25, 0.3) is 10.9 Å². The predicted octanol–water partition coefficient (Wildman–Crippen LogP) is 1.40. The third kappa shape index (κ3) is 3.77. The number of amides is 3. The topological polar surface area (TPSA) is 122 Å². The van der Waals surface area contributed by atoms with Gasteiger partial charge in [-0.1, -0.05) is 12.1 Å². The first-order valence-electron chi connectivity index (χ1n) is 9.38. The van der Waals surface area contributed by atoms with E-state index in [-0.39, 0.29) is 36.1 Å². The molecule has 9 nitrogen and oxygen atoms in total. The molecule has 30 heavy (non-hydrogen) atoms. The molecule has 0 radical (unpaired) electrons. The fourth-order valence-corrected chi connectivity index (χ4v) is 3.30. The van der Waals surface area contributed by atoms with Crippen molar-refractivity contribution in [2.24, 2.45) is 7.05 Å². The molecule has 3 amide bonds. The monoisotopic (exact) mass is 405 g/mol. The van der Waals surface area contributed by atoms with Crippen LogP contribution in [-0.2, 0) is 16.6 Å². The van der Waals surface area contributed by atoms with E-state index in [0.717, 1.165) is 0 Å². The number of para-hydroxylation sites is 1. The number of fused-ring (bicyclic) bond motifs is 2. The van der Waals surface area contributed by atoms with Crippen LogP contribution in [0.4, 0.5) is 11.4 Å². The zero-order chi connectivity index (χ0) is 21.3. The number of hydrogen-bond acceptors (Lipinski definition) is 5. The number of carbonyl (C=O) groups is 3. The van der Waals surface area contributed by atoms with E-state index in [4.69, 9.17) is 0 Å². The molecular weight excluding hydrogens is 386 g/mol. The van der Waals surface area contributed by atoms with Gasteiger partial charge in [-0.05, 0) is 36.8 Å². The van der Waals surface area contributed by atoms with Crippen LogP contribution in [0.15, 0.2) is 53.6 Å². The Kier molecular flexibility index (Phi) is 5.01. The lowest BCUT2D eigenvalue weighted by Gasteiger charge is -2.14. The highest BCUT2D eigenvalue weighted by molar-refractivity contribution is 6.10. The second-order valence-corrected chi connectivity index (χ2v) is 7.04. The number of aromatic nitrogens is 2. The first-order chi connectivity index (χ1) is 14.4. The number of carbonyl (C=O) groups excluding carboxylic acids is 3. The second kappa shape index (κ2) is 7.78. The summed E-state index contributed by atoms with van der Waals surface area (Å²) in [6, 6.07) is 10.8. The van der Waals surface area contributed by atoms with Gasteiger partial charge in [0.05, 0.1) is 28.5 Å². The molecule has 3 aromatic rings. The van der Waals surface area contributed by atoms with Crippen molar-refractivity contribution in [2.45, 2.75) is 18.9 Å². The molecule has 2 aromatic carbocycles. The van der Waals surface area contributed by atoms with Crippen molar-refractivity contribution in [3.8, 4) is 0 Å². The van der Waals surface area contributed by atoms with Crippen molar-refractivity contribution < 1.29 is 14.4 Å². The Labute approximate surface area is 171 Å². The number of anilines is 2. The molecule has 4 rings (SSSR count). The minimum Gasteiger partial charge on any atom is -0.340 e. The molecule has 0 unspecified atom stereocenters. The maximum Gasteiger partial charge on any atom is 0.260 e. The quantitative estimate of drug-likeness (QED) is 0.606. The van der Waals surface area contributed by atoms with Gasteiger partial charge in [0.25, 0.3) is 11.5 Å². The summed E-state index contributed by atoms with van der Waals surface area (Å²) in [5.74, 6) is -1.08. The summed E-state index contributed by atoms with van der Waals surface area (Å²) in [6.45, 7) is 0. The molecule has 2 heterocycles.